The second-order valence-corrected chi connectivity index (χ2v) is 3.87. The molecule has 1 rings (SSSR count). The highest BCUT2D eigenvalue weighted by Crippen LogP contribution is 2.35. The van der Waals surface area contributed by atoms with E-state index >= 15 is 0 Å². The fraction of sp³-hybridized carbons (Fsp3) is 0.222. The van der Waals surface area contributed by atoms with E-state index in [0.29, 0.717) is 5.56 Å². The number of rotatable bonds is 2. The van der Waals surface area contributed by atoms with Gasteiger partial charge in [0.15, 0.2) is 0 Å². The average molecular weight is 281 g/mol. The van der Waals surface area contributed by atoms with Crippen LogP contribution in [0.15, 0.2) is 22.7 Å². The van der Waals surface area contributed by atoms with Crippen LogP contribution in [0.4, 0.5) is 13.2 Å². The van der Waals surface area contributed by atoms with Gasteiger partial charge in [0.2, 0.25) is 0 Å². The lowest BCUT2D eigenvalue weighted by atomic mass is 10.1. The van der Waals surface area contributed by atoms with Crippen molar-refractivity contribution in [3.8, 4) is 0 Å². The van der Waals surface area contributed by atoms with Crippen molar-refractivity contribution in [2.75, 3.05) is 0 Å². The second-order valence-electron chi connectivity index (χ2n) is 3.01. The number of nitrogens with one attached hydrogen (secondary N) is 1. The molecule has 82 valence electrons. The normalized spacial score (nSPS) is 11.5. The van der Waals surface area contributed by atoms with E-state index in [1.165, 1.54) is 12.1 Å². The zero-order valence-electron chi connectivity index (χ0n) is 7.53. The van der Waals surface area contributed by atoms with E-state index in [2.05, 4.69) is 15.9 Å². The molecule has 0 amide bonds. The average Bonchev–Trinajstić information content (AvgIpc) is 2.05. The molecule has 2 nitrogen and oxygen atoms in total. The van der Waals surface area contributed by atoms with Gasteiger partial charge in [0, 0.05) is 10.9 Å². The fourth-order valence-corrected chi connectivity index (χ4v) is 1.59. The van der Waals surface area contributed by atoms with E-state index in [4.69, 9.17) is 11.1 Å². The molecule has 15 heavy (non-hydrogen) atoms. The van der Waals surface area contributed by atoms with E-state index in [-0.39, 0.29) is 16.7 Å². The summed E-state index contributed by atoms with van der Waals surface area (Å²) in [6, 6.07) is 3.80. The number of amidine groups is 1. The topological polar surface area (TPSA) is 49.9 Å². The molecule has 0 atom stereocenters. The van der Waals surface area contributed by atoms with Crippen LogP contribution in [0, 0.1) is 5.41 Å². The summed E-state index contributed by atoms with van der Waals surface area (Å²) in [5.74, 6) is -0.162. The van der Waals surface area contributed by atoms with Crippen LogP contribution in [-0.4, -0.2) is 5.84 Å². The van der Waals surface area contributed by atoms with Gasteiger partial charge in [-0.15, -0.1) is 0 Å². The van der Waals surface area contributed by atoms with Gasteiger partial charge in [-0.25, -0.2) is 0 Å². The van der Waals surface area contributed by atoms with Crippen molar-refractivity contribution in [2.45, 2.75) is 12.6 Å². The maximum Gasteiger partial charge on any atom is 0.417 e. The molecule has 0 unspecified atom stereocenters. The Morgan fingerprint density at radius 1 is 1.40 bits per heavy atom. The zero-order valence-corrected chi connectivity index (χ0v) is 9.11. The second kappa shape index (κ2) is 4.22. The SMILES string of the molecule is N=C(N)Cc1ccc(Br)c(C(F)(F)F)c1. The Kier molecular flexibility index (Phi) is 3.38. The van der Waals surface area contributed by atoms with Crippen LogP contribution in [0.25, 0.3) is 0 Å². The van der Waals surface area contributed by atoms with E-state index in [1.807, 2.05) is 0 Å². The molecule has 3 N–H and O–H groups in total. The van der Waals surface area contributed by atoms with Crippen molar-refractivity contribution < 1.29 is 13.2 Å². The van der Waals surface area contributed by atoms with Gasteiger partial charge in [-0.1, -0.05) is 22.0 Å². The Balaban J connectivity index is 3.11. The molecule has 0 aromatic heterocycles. The highest BCUT2D eigenvalue weighted by atomic mass is 79.9. The Hall–Kier alpha value is -1.04. The molecule has 6 heteroatoms. The van der Waals surface area contributed by atoms with Crippen molar-refractivity contribution >= 4 is 21.8 Å². The molecule has 1 aromatic carbocycles. The lowest BCUT2D eigenvalue weighted by Gasteiger charge is -2.10. The smallest absolute Gasteiger partial charge is 0.387 e. The van der Waals surface area contributed by atoms with Crippen LogP contribution in [0.1, 0.15) is 11.1 Å². The number of hydrogen-bond donors (Lipinski definition) is 2. The summed E-state index contributed by atoms with van der Waals surface area (Å²) in [5, 5.41) is 7.00. The molecule has 0 heterocycles. The minimum absolute atomic E-state index is 0.0118. The van der Waals surface area contributed by atoms with E-state index in [0.717, 1.165) is 6.07 Å². The molecule has 0 saturated carbocycles. The lowest BCUT2D eigenvalue weighted by molar-refractivity contribution is -0.138. The quantitative estimate of drug-likeness (QED) is 0.635. The zero-order chi connectivity index (χ0) is 11.6. The Morgan fingerprint density at radius 2 is 2.00 bits per heavy atom. The van der Waals surface area contributed by atoms with Gasteiger partial charge < -0.3 is 5.73 Å². The van der Waals surface area contributed by atoms with Crippen molar-refractivity contribution in [3.63, 3.8) is 0 Å². The molecule has 0 aliphatic carbocycles. The highest BCUT2D eigenvalue weighted by Gasteiger charge is 2.33. The summed E-state index contributed by atoms with van der Waals surface area (Å²) >= 11 is 2.83. The molecular weight excluding hydrogens is 273 g/mol. The number of benzene rings is 1. The van der Waals surface area contributed by atoms with Gasteiger partial charge >= 0.3 is 6.18 Å². The third-order valence-electron chi connectivity index (χ3n) is 1.73. The Labute approximate surface area is 92.9 Å². The lowest BCUT2D eigenvalue weighted by Crippen LogP contribution is -2.14. The summed E-state index contributed by atoms with van der Waals surface area (Å²) < 4.78 is 37.3. The standard InChI is InChI=1S/C9H8BrF3N2/c10-7-2-1-5(4-8(14)15)3-6(7)9(11,12)13/h1-3H,4H2,(H3,14,15). The Bertz CT molecular complexity index is 387. The van der Waals surface area contributed by atoms with Crippen molar-refractivity contribution in [1.29, 1.82) is 5.41 Å². The number of alkyl halides is 3. The third kappa shape index (κ3) is 3.23. The van der Waals surface area contributed by atoms with Crippen LogP contribution in [-0.2, 0) is 12.6 Å². The molecule has 1 aromatic rings. The summed E-state index contributed by atoms with van der Waals surface area (Å²) in [7, 11) is 0. The van der Waals surface area contributed by atoms with Crippen LogP contribution >= 0.6 is 15.9 Å². The molecular formula is C9H8BrF3N2. The monoisotopic (exact) mass is 280 g/mol. The van der Waals surface area contributed by atoms with Crippen LogP contribution < -0.4 is 5.73 Å². The van der Waals surface area contributed by atoms with Gasteiger partial charge in [-0.2, -0.15) is 13.2 Å². The minimum Gasteiger partial charge on any atom is -0.387 e. The molecule has 0 spiro atoms. The molecule has 0 aliphatic rings. The molecule has 0 bridgehead atoms. The summed E-state index contributed by atoms with van der Waals surface area (Å²) in [4.78, 5) is 0. The van der Waals surface area contributed by atoms with E-state index in [9.17, 15) is 13.2 Å². The first-order valence-corrected chi connectivity index (χ1v) is 4.78. The van der Waals surface area contributed by atoms with Crippen molar-refractivity contribution in [2.24, 2.45) is 5.73 Å². The number of halogens is 4. The van der Waals surface area contributed by atoms with Gasteiger partial charge in [0.05, 0.1) is 11.4 Å². The first-order valence-electron chi connectivity index (χ1n) is 3.99. The first-order chi connectivity index (χ1) is 6.80. The van der Waals surface area contributed by atoms with Crippen molar-refractivity contribution in [3.05, 3.63) is 33.8 Å². The minimum atomic E-state index is -4.40. The summed E-state index contributed by atoms with van der Waals surface area (Å²) in [6.45, 7) is 0. The van der Waals surface area contributed by atoms with Crippen molar-refractivity contribution in [1.82, 2.24) is 0 Å². The molecule has 0 fully saturated rings. The largest absolute Gasteiger partial charge is 0.417 e. The maximum atomic E-state index is 12.5. The van der Waals surface area contributed by atoms with Gasteiger partial charge in [-0.3, -0.25) is 5.41 Å². The van der Waals surface area contributed by atoms with E-state index < -0.39 is 11.7 Å². The fourth-order valence-electron chi connectivity index (χ4n) is 1.12. The maximum absolute atomic E-state index is 12.5. The first kappa shape index (κ1) is 12.0. The number of hydrogen-bond acceptors (Lipinski definition) is 1. The molecule has 0 saturated heterocycles. The van der Waals surface area contributed by atoms with E-state index in [1.54, 1.807) is 0 Å². The molecule has 0 radical (unpaired) electrons. The molecule has 0 aliphatic heterocycles. The summed E-state index contributed by atoms with van der Waals surface area (Å²) in [5.41, 5.74) is 4.74. The predicted octanol–water partition coefficient (Wildman–Crippen LogP) is 2.95. The van der Waals surface area contributed by atoms with Crippen LogP contribution in [0.5, 0.6) is 0 Å². The van der Waals surface area contributed by atoms with Crippen LogP contribution in [0.3, 0.4) is 0 Å². The Morgan fingerprint density at radius 3 is 2.47 bits per heavy atom. The van der Waals surface area contributed by atoms with Gasteiger partial charge in [0.1, 0.15) is 0 Å². The number of nitrogens with two attached hydrogens (primary N) is 1. The van der Waals surface area contributed by atoms with Crippen LogP contribution in [0.2, 0.25) is 0 Å². The van der Waals surface area contributed by atoms with Gasteiger partial charge in [-0.05, 0) is 17.7 Å². The van der Waals surface area contributed by atoms with Gasteiger partial charge in [0.25, 0.3) is 0 Å². The predicted molar refractivity (Wildman–Crippen MR) is 54.8 cm³/mol. The highest BCUT2D eigenvalue weighted by molar-refractivity contribution is 9.10. The summed E-state index contributed by atoms with van der Waals surface area (Å²) in [6.07, 6.45) is -4.37. The third-order valence-corrected chi connectivity index (χ3v) is 2.42.